The highest BCUT2D eigenvalue weighted by Crippen LogP contribution is 2.31. The van der Waals surface area contributed by atoms with Crippen LogP contribution in [-0.2, 0) is 11.3 Å². The molecule has 1 nitrogen and oxygen atoms in total. The number of benzene rings is 2. The van der Waals surface area contributed by atoms with Crippen molar-refractivity contribution in [3.8, 4) is 11.1 Å². The van der Waals surface area contributed by atoms with Crippen LogP contribution in [0.3, 0.4) is 0 Å². The third-order valence-corrected chi connectivity index (χ3v) is 3.27. The Morgan fingerprint density at radius 3 is 2.56 bits per heavy atom. The molecule has 2 rings (SSSR count). The van der Waals surface area contributed by atoms with Gasteiger partial charge in [-0.1, -0.05) is 41.9 Å². The van der Waals surface area contributed by atoms with E-state index in [1.54, 1.807) is 0 Å². The average molecular weight is 261 g/mol. The molecule has 18 heavy (non-hydrogen) atoms. The monoisotopic (exact) mass is 260 g/mol. The summed E-state index contributed by atoms with van der Waals surface area (Å²) in [6.07, 6.45) is 0. The molecule has 0 bridgehead atoms. The van der Waals surface area contributed by atoms with Gasteiger partial charge >= 0.3 is 0 Å². The first-order valence-corrected chi connectivity index (χ1v) is 6.52. The van der Waals surface area contributed by atoms with Crippen LogP contribution in [0.15, 0.2) is 42.5 Å². The lowest BCUT2D eigenvalue weighted by molar-refractivity contribution is 0.134. The first-order chi connectivity index (χ1) is 8.72. The van der Waals surface area contributed by atoms with E-state index in [1.165, 1.54) is 11.1 Å². The van der Waals surface area contributed by atoms with Crippen LogP contribution >= 0.6 is 11.6 Å². The Bertz CT molecular complexity index is 534. The molecule has 0 N–H and O–H groups in total. The summed E-state index contributed by atoms with van der Waals surface area (Å²) in [5.41, 5.74) is 4.64. The van der Waals surface area contributed by atoms with Gasteiger partial charge in [-0.05, 0) is 42.7 Å². The van der Waals surface area contributed by atoms with Gasteiger partial charge in [0, 0.05) is 17.2 Å². The van der Waals surface area contributed by atoms with Crippen LogP contribution < -0.4 is 0 Å². The SMILES string of the molecule is CCOCc1ccc(Cl)c(-c2ccccc2C)c1. The highest BCUT2D eigenvalue weighted by Gasteiger charge is 2.07. The predicted octanol–water partition coefficient (Wildman–Crippen LogP) is 4.85. The van der Waals surface area contributed by atoms with E-state index in [9.17, 15) is 0 Å². The zero-order valence-corrected chi connectivity index (χ0v) is 11.5. The molecule has 0 atom stereocenters. The molecule has 0 saturated carbocycles. The van der Waals surface area contributed by atoms with Crippen molar-refractivity contribution in [1.29, 1.82) is 0 Å². The van der Waals surface area contributed by atoms with Crippen molar-refractivity contribution >= 4 is 11.6 Å². The number of hydrogen-bond acceptors (Lipinski definition) is 1. The smallest absolute Gasteiger partial charge is 0.0716 e. The van der Waals surface area contributed by atoms with Crippen LogP contribution in [0, 0.1) is 6.92 Å². The van der Waals surface area contributed by atoms with E-state index in [0.717, 1.165) is 22.8 Å². The molecule has 2 heteroatoms. The van der Waals surface area contributed by atoms with Gasteiger partial charge in [0.1, 0.15) is 0 Å². The van der Waals surface area contributed by atoms with Crippen molar-refractivity contribution in [1.82, 2.24) is 0 Å². The molecule has 0 aromatic heterocycles. The van der Waals surface area contributed by atoms with Gasteiger partial charge in [0.05, 0.1) is 6.61 Å². The second kappa shape index (κ2) is 6.03. The largest absolute Gasteiger partial charge is 0.377 e. The first-order valence-electron chi connectivity index (χ1n) is 6.14. The molecule has 0 fully saturated rings. The van der Waals surface area contributed by atoms with Crippen molar-refractivity contribution in [2.24, 2.45) is 0 Å². The van der Waals surface area contributed by atoms with Crippen LogP contribution in [-0.4, -0.2) is 6.61 Å². The summed E-state index contributed by atoms with van der Waals surface area (Å²) in [5, 5.41) is 0.782. The van der Waals surface area contributed by atoms with E-state index >= 15 is 0 Å². The van der Waals surface area contributed by atoms with Crippen LogP contribution in [0.2, 0.25) is 5.02 Å². The van der Waals surface area contributed by atoms with E-state index in [0.29, 0.717) is 6.61 Å². The van der Waals surface area contributed by atoms with Crippen molar-refractivity contribution < 1.29 is 4.74 Å². The Kier molecular flexibility index (Phi) is 4.40. The fraction of sp³-hybridized carbons (Fsp3) is 0.250. The molecule has 0 radical (unpaired) electrons. The van der Waals surface area contributed by atoms with Crippen LogP contribution in [0.25, 0.3) is 11.1 Å². The molecule has 0 aliphatic carbocycles. The summed E-state index contributed by atoms with van der Waals surface area (Å²) in [6, 6.07) is 14.3. The second-order valence-corrected chi connectivity index (χ2v) is 4.67. The highest BCUT2D eigenvalue weighted by molar-refractivity contribution is 6.33. The van der Waals surface area contributed by atoms with Crippen molar-refractivity contribution in [3.05, 3.63) is 58.6 Å². The van der Waals surface area contributed by atoms with Gasteiger partial charge in [0.2, 0.25) is 0 Å². The highest BCUT2D eigenvalue weighted by atomic mass is 35.5. The molecule has 0 amide bonds. The predicted molar refractivity (Wildman–Crippen MR) is 77.0 cm³/mol. The number of ether oxygens (including phenoxy) is 1. The number of rotatable bonds is 4. The zero-order valence-electron chi connectivity index (χ0n) is 10.7. The third kappa shape index (κ3) is 2.92. The van der Waals surface area contributed by atoms with E-state index in [4.69, 9.17) is 16.3 Å². The minimum absolute atomic E-state index is 0.631. The third-order valence-electron chi connectivity index (χ3n) is 2.94. The van der Waals surface area contributed by atoms with Crippen LogP contribution in [0.4, 0.5) is 0 Å². The Labute approximate surface area is 113 Å². The van der Waals surface area contributed by atoms with Gasteiger partial charge in [0.15, 0.2) is 0 Å². The van der Waals surface area contributed by atoms with Gasteiger partial charge in [0.25, 0.3) is 0 Å². The van der Waals surface area contributed by atoms with E-state index in [2.05, 4.69) is 25.1 Å². The summed E-state index contributed by atoms with van der Waals surface area (Å²) >= 11 is 6.30. The number of halogens is 1. The van der Waals surface area contributed by atoms with Gasteiger partial charge in [-0.25, -0.2) is 0 Å². The van der Waals surface area contributed by atoms with Crippen molar-refractivity contribution in [2.75, 3.05) is 6.61 Å². The van der Waals surface area contributed by atoms with Gasteiger partial charge in [-0.15, -0.1) is 0 Å². The maximum Gasteiger partial charge on any atom is 0.0716 e. The van der Waals surface area contributed by atoms with Gasteiger partial charge in [-0.3, -0.25) is 0 Å². The minimum Gasteiger partial charge on any atom is -0.377 e. The zero-order chi connectivity index (χ0) is 13.0. The van der Waals surface area contributed by atoms with E-state index < -0.39 is 0 Å². The lowest BCUT2D eigenvalue weighted by atomic mass is 9.99. The summed E-state index contributed by atoms with van der Waals surface area (Å²) < 4.78 is 5.44. The summed E-state index contributed by atoms with van der Waals surface area (Å²) in [5.74, 6) is 0. The number of hydrogen-bond donors (Lipinski definition) is 0. The first kappa shape index (κ1) is 13.1. The van der Waals surface area contributed by atoms with Crippen LogP contribution in [0.1, 0.15) is 18.1 Å². The summed E-state index contributed by atoms with van der Waals surface area (Å²) in [4.78, 5) is 0. The Morgan fingerprint density at radius 1 is 1.06 bits per heavy atom. The van der Waals surface area contributed by atoms with Crippen molar-refractivity contribution in [2.45, 2.75) is 20.5 Å². The standard InChI is InChI=1S/C16H17ClO/c1-3-18-11-13-8-9-16(17)15(10-13)14-7-5-4-6-12(14)2/h4-10H,3,11H2,1-2H3. The molecule has 0 heterocycles. The molecule has 94 valence electrons. The molecule has 0 spiro atoms. The van der Waals surface area contributed by atoms with Crippen LogP contribution in [0.5, 0.6) is 0 Å². The lowest BCUT2D eigenvalue weighted by Gasteiger charge is -2.10. The maximum atomic E-state index is 6.30. The molecular formula is C16H17ClO. The molecule has 2 aromatic carbocycles. The molecule has 2 aromatic rings. The lowest BCUT2D eigenvalue weighted by Crippen LogP contribution is -1.93. The fourth-order valence-corrected chi connectivity index (χ4v) is 2.18. The van der Waals surface area contributed by atoms with E-state index in [1.807, 2.05) is 31.2 Å². The Morgan fingerprint density at radius 2 is 1.83 bits per heavy atom. The molecule has 0 aliphatic rings. The number of aryl methyl sites for hydroxylation is 1. The normalized spacial score (nSPS) is 10.6. The Balaban J connectivity index is 2.40. The summed E-state index contributed by atoms with van der Waals surface area (Å²) in [6.45, 7) is 5.45. The quantitative estimate of drug-likeness (QED) is 0.763. The van der Waals surface area contributed by atoms with E-state index in [-0.39, 0.29) is 0 Å². The molecule has 0 aliphatic heterocycles. The second-order valence-electron chi connectivity index (χ2n) is 4.27. The van der Waals surface area contributed by atoms with Gasteiger partial charge in [-0.2, -0.15) is 0 Å². The van der Waals surface area contributed by atoms with Gasteiger partial charge < -0.3 is 4.74 Å². The average Bonchev–Trinajstić information content (AvgIpc) is 2.39. The van der Waals surface area contributed by atoms with Crippen molar-refractivity contribution in [3.63, 3.8) is 0 Å². The topological polar surface area (TPSA) is 9.23 Å². The molecular weight excluding hydrogens is 244 g/mol. The fourth-order valence-electron chi connectivity index (χ4n) is 1.96. The molecule has 0 saturated heterocycles. The Hall–Kier alpha value is -1.31. The maximum absolute atomic E-state index is 6.30. The molecule has 0 unspecified atom stereocenters. The minimum atomic E-state index is 0.631. The summed E-state index contributed by atoms with van der Waals surface area (Å²) in [7, 11) is 0.